The Morgan fingerprint density at radius 1 is 1.38 bits per heavy atom. The Kier molecular flexibility index (Phi) is 3.62. The van der Waals surface area contributed by atoms with E-state index in [1.54, 1.807) is 20.8 Å². The average Bonchev–Trinajstić information content (AvgIpc) is 2.41. The van der Waals surface area contributed by atoms with Crippen molar-refractivity contribution in [3.63, 3.8) is 0 Å². The van der Waals surface area contributed by atoms with Gasteiger partial charge in [0.15, 0.2) is 5.60 Å². The second-order valence-electron chi connectivity index (χ2n) is 4.88. The SMILES string of the molecule is CC(O)C(C)C(O)C1(C)OC(=O)C(C)C1O. The molecule has 5 heteroatoms. The van der Waals surface area contributed by atoms with Gasteiger partial charge in [0.2, 0.25) is 0 Å². The van der Waals surface area contributed by atoms with Crippen molar-refractivity contribution in [1.82, 2.24) is 0 Å². The number of carbonyl (C=O) groups excluding carboxylic acids is 1. The summed E-state index contributed by atoms with van der Waals surface area (Å²) >= 11 is 0. The van der Waals surface area contributed by atoms with Gasteiger partial charge in [-0.3, -0.25) is 4.79 Å². The van der Waals surface area contributed by atoms with Crippen molar-refractivity contribution in [3.8, 4) is 0 Å². The van der Waals surface area contributed by atoms with Crippen molar-refractivity contribution in [2.24, 2.45) is 11.8 Å². The molecule has 0 radical (unpaired) electrons. The van der Waals surface area contributed by atoms with Gasteiger partial charge in [-0.1, -0.05) is 6.92 Å². The van der Waals surface area contributed by atoms with Crippen LogP contribution in [0.3, 0.4) is 0 Å². The standard InChI is InChI=1S/C11H20O5/c1-5(7(3)12)8(13)11(4)9(14)6(2)10(15)16-11/h5-9,12-14H,1-4H3. The fourth-order valence-corrected chi connectivity index (χ4v) is 2.02. The third-order valence-electron chi connectivity index (χ3n) is 3.60. The fourth-order valence-electron chi connectivity index (χ4n) is 2.02. The van der Waals surface area contributed by atoms with Crippen LogP contribution in [0.5, 0.6) is 0 Å². The molecule has 16 heavy (non-hydrogen) atoms. The minimum absolute atomic E-state index is 0.488. The molecule has 1 aliphatic heterocycles. The lowest BCUT2D eigenvalue weighted by atomic mass is 9.81. The summed E-state index contributed by atoms with van der Waals surface area (Å²) in [6, 6.07) is 0. The van der Waals surface area contributed by atoms with Crippen LogP contribution in [-0.4, -0.2) is 45.2 Å². The molecule has 6 unspecified atom stereocenters. The number of hydrogen-bond acceptors (Lipinski definition) is 5. The van der Waals surface area contributed by atoms with Crippen molar-refractivity contribution in [2.45, 2.75) is 51.6 Å². The molecule has 0 saturated carbocycles. The van der Waals surface area contributed by atoms with Crippen molar-refractivity contribution in [2.75, 3.05) is 0 Å². The van der Waals surface area contributed by atoms with Crippen molar-refractivity contribution in [1.29, 1.82) is 0 Å². The summed E-state index contributed by atoms with van der Waals surface area (Å²) in [4.78, 5) is 11.3. The second kappa shape index (κ2) is 4.31. The van der Waals surface area contributed by atoms with Gasteiger partial charge in [0.05, 0.1) is 12.0 Å². The maximum Gasteiger partial charge on any atom is 0.312 e. The molecule has 5 nitrogen and oxygen atoms in total. The Balaban J connectivity index is 2.90. The minimum Gasteiger partial charge on any atom is -0.453 e. The lowest BCUT2D eigenvalue weighted by Gasteiger charge is -2.36. The third-order valence-corrected chi connectivity index (χ3v) is 3.60. The predicted molar refractivity (Wildman–Crippen MR) is 56.5 cm³/mol. The number of rotatable bonds is 3. The average molecular weight is 232 g/mol. The fraction of sp³-hybridized carbons (Fsp3) is 0.909. The van der Waals surface area contributed by atoms with E-state index in [-0.39, 0.29) is 0 Å². The molecular weight excluding hydrogens is 212 g/mol. The van der Waals surface area contributed by atoms with Gasteiger partial charge in [0, 0.05) is 5.92 Å². The number of esters is 1. The van der Waals surface area contributed by atoms with Crippen molar-refractivity contribution in [3.05, 3.63) is 0 Å². The molecule has 0 aromatic rings. The maximum absolute atomic E-state index is 11.3. The molecule has 6 atom stereocenters. The quantitative estimate of drug-likeness (QED) is 0.580. The van der Waals surface area contributed by atoms with Gasteiger partial charge in [-0.2, -0.15) is 0 Å². The lowest BCUT2D eigenvalue weighted by molar-refractivity contribution is -0.173. The third kappa shape index (κ3) is 1.95. The molecule has 0 aliphatic carbocycles. The minimum atomic E-state index is -1.34. The highest BCUT2D eigenvalue weighted by Gasteiger charge is 2.55. The molecule has 1 heterocycles. The summed E-state index contributed by atoms with van der Waals surface area (Å²) in [5.74, 6) is -1.66. The first-order valence-corrected chi connectivity index (χ1v) is 5.49. The summed E-state index contributed by atoms with van der Waals surface area (Å²) in [6.07, 6.45) is -2.90. The number of carbonyl (C=O) groups is 1. The zero-order valence-corrected chi connectivity index (χ0v) is 10.0. The molecule has 3 N–H and O–H groups in total. The van der Waals surface area contributed by atoms with Gasteiger partial charge in [-0.15, -0.1) is 0 Å². The Morgan fingerprint density at radius 3 is 2.19 bits per heavy atom. The van der Waals surface area contributed by atoms with E-state index in [2.05, 4.69) is 0 Å². The van der Waals surface area contributed by atoms with E-state index in [4.69, 9.17) is 4.74 Å². The lowest BCUT2D eigenvalue weighted by Crippen LogP contribution is -2.53. The molecule has 1 aliphatic rings. The molecular formula is C11H20O5. The molecule has 0 aromatic heterocycles. The van der Waals surface area contributed by atoms with E-state index in [0.29, 0.717) is 0 Å². The largest absolute Gasteiger partial charge is 0.453 e. The van der Waals surface area contributed by atoms with E-state index >= 15 is 0 Å². The van der Waals surface area contributed by atoms with Crippen LogP contribution in [0.15, 0.2) is 0 Å². The van der Waals surface area contributed by atoms with Crippen LogP contribution in [0, 0.1) is 11.8 Å². The Hall–Kier alpha value is -0.650. The van der Waals surface area contributed by atoms with Crippen LogP contribution in [0.25, 0.3) is 0 Å². The Bertz CT molecular complexity index is 278. The predicted octanol–water partition coefficient (Wildman–Crippen LogP) is -0.323. The smallest absolute Gasteiger partial charge is 0.312 e. The van der Waals surface area contributed by atoms with Crippen molar-refractivity contribution < 1.29 is 24.9 Å². The normalized spacial score (nSPS) is 40.3. The highest BCUT2D eigenvalue weighted by Crippen LogP contribution is 2.37. The molecule has 0 spiro atoms. The summed E-state index contributed by atoms with van der Waals surface area (Å²) in [5.41, 5.74) is -1.34. The highest BCUT2D eigenvalue weighted by atomic mass is 16.6. The number of aliphatic hydroxyl groups is 3. The first kappa shape index (κ1) is 13.4. The van der Waals surface area contributed by atoms with Crippen LogP contribution in [0.1, 0.15) is 27.7 Å². The van der Waals surface area contributed by atoms with E-state index < -0.39 is 41.7 Å². The topological polar surface area (TPSA) is 87.0 Å². The second-order valence-corrected chi connectivity index (χ2v) is 4.88. The van der Waals surface area contributed by atoms with Gasteiger partial charge < -0.3 is 20.1 Å². The van der Waals surface area contributed by atoms with Crippen LogP contribution in [0.4, 0.5) is 0 Å². The van der Waals surface area contributed by atoms with Crippen LogP contribution in [0.2, 0.25) is 0 Å². The summed E-state index contributed by atoms with van der Waals surface area (Å²) < 4.78 is 5.06. The molecule has 1 fully saturated rings. The van der Waals surface area contributed by atoms with Crippen LogP contribution >= 0.6 is 0 Å². The summed E-state index contributed by atoms with van der Waals surface area (Å²) in [7, 11) is 0. The number of hydrogen-bond donors (Lipinski definition) is 3. The number of cyclic esters (lactones) is 1. The first-order chi connectivity index (χ1) is 7.21. The Labute approximate surface area is 95.0 Å². The molecule has 0 aromatic carbocycles. The van der Waals surface area contributed by atoms with Crippen molar-refractivity contribution >= 4 is 5.97 Å². The van der Waals surface area contributed by atoms with E-state index in [1.807, 2.05) is 0 Å². The van der Waals surface area contributed by atoms with Gasteiger partial charge >= 0.3 is 5.97 Å². The zero-order valence-electron chi connectivity index (χ0n) is 10.0. The van der Waals surface area contributed by atoms with Gasteiger partial charge in [-0.05, 0) is 20.8 Å². The van der Waals surface area contributed by atoms with Gasteiger partial charge in [0.25, 0.3) is 0 Å². The molecule has 94 valence electrons. The van der Waals surface area contributed by atoms with Crippen LogP contribution in [-0.2, 0) is 9.53 Å². The maximum atomic E-state index is 11.3. The van der Waals surface area contributed by atoms with E-state index in [9.17, 15) is 20.1 Å². The molecule has 0 bridgehead atoms. The molecule has 0 amide bonds. The van der Waals surface area contributed by atoms with E-state index in [1.165, 1.54) is 6.92 Å². The summed E-state index contributed by atoms with van der Waals surface area (Å²) in [6.45, 7) is 6.23. The zero-order chi connectivity index (χ0) is 12.7. The summed E-state index contributed by atoms with van der Waals surface area (Å²) in [5, 5.41) is 29.4. The van der Waals surface area contributed by atoms with E-state index in [0.717, 1.165) is 0 Å². The monoisotopic (exact) mass is 232 g/mol. The molecule has 1 saturated heterocycles. The number of ether oxygens (including phenoxy) is 1. The first-order valence-electron chi connectivity index (χ1n) is 5.49. The van der Waals surface area contributed by atoms with Gasteiger partial charge in [0.1, 0.15) is 12.2 Å². The van der Waals surface area contributed by atoms with Gasteiger partial charge in [-0.25, -0.2) is 0 Å². The highest BCUT2D eigenvalue weighted by molar-refractivity contribution is 5.76. The molecule has 1 rings (SSSR count). The van der Waals surface area contributed by atoms with Crippen LogP contribution < -0.4 is 0 Å². The Morgan fingerprint density at radius 2 is 1.88 bits per heavy atom. The number of aliphatic hydroxyl groups excluding tert-OH is 3.